The van der Waals surface area contributed by atoms with E-state index in [9.17, 15) is 14.4 Å². The summed E-state index contributed by atoms with van der Waals surface area (Å²) in [5.41, 5.74) is 1.70. The van der Waals surface area contributed by atoms with Gasteiger partial charge in [-0.3, -0.25) is 14.4 Å². The standard InChI is InChI=1S/C19H20N2O4/c1-12(14-7-9-17(25-3)10-8-14)20-18(23)19(24)21-16-6-4-5-15(11-16)13(2)22/h4-12H,1-3H3,(H,20,23)(H,21,24). The van der Waals surface area contributed by atoms with Crippen molar-refractivity contribution in [1.82, 2.24) is 5.32 Å². The molecule has 25 heavy (non-hydrogen) atoms. The van der Waals surface area contributed by atoms with Crippen molar-refractivity contribution in [3.8, 4) is 5.75 Å². The van der Waals surface area contributed by atoms with Crippen molar-refractivity contribution in [2.24, 2.45) is 0 Å². The van der Waals surface area contributed by atoms with Gasteiger partial charge in [-0.2, -0.15) is 0 Å². The first-order valence-electron chi connectivity index (χ1n) is 7.77. The minimum absolute atomic E-state index is 0.117. The molecule has 6 nitrogen and oxygen atoms in total. The number of methoxy groups -OCH3 is 1. The number of rotatable bonds is 5. The molecule has 1 unspecified atom stereocenters. The lowest BCUT2D eigenvalue weighted by atomic mass is 10.1. The van der Waals surface area contributed by atoms with Crippen LogP contribution in [0.1, 0.15) is 35.8 Å². The lowest BCUT2D eigenvalue weighted by Crippen LogP contribution is -2.36. The summed E-state index contributed by atoms with van der Waals surface area (Å²) in [7, 11) is 1.58. The molecule has 2 amide bonds. The SMILES string of the molecule is COc1ccc(C(C)NC(=O)C(=O)Nc2cccc(C(C)=O)c2)cc1. The van der Waals surface area contributed by atoms with Crippen LogP contribution in [0.4, 0.5) is 5.69 Å². The monoisotopic (exact) mass is 340 g/mol. The predicted molar refractivity (Wildman–Crippen MR) is 94.6 cm³/mol. The maximum atomic E-state index is 12.1. The summed E-state index contributed by atoms with van der Waals surface area (Å²) >= 11 is 0. The Balaban J connectivity index is 1.98. The highest BCUT2D eigenvalue weighted by Gasteiger charge is 2.17. The highest BCUT2D eigenvalue weighted by Crippen LogP contribution is 2.17. The van der Waals surface area contributed by atoms with Crippen molar-refractivity contribution < 1.29 is 19.1 Å². The second-order valence-electron chi connectivity index (χ2n) is 5.56. The number of hydrogen-bond acceptors (Lipinski definition) is 4. The van der Waals surface area contributed by atoms with Crippen LogP contribution in [0.2, 0.25) is 0 Å². The number of amides is 2. The van der Waals surface area contributed by atoms with Crippen molar-refractivity contribution in [3.05, 3.63) is 59.7 Å². The first-order valence-corrected chi connectivity index (χ1v) is 7.77. The topological polar surface area (TPSA) is 84.5 Å². The molecule has 0 bridgehead atoms. The van der Waals surface area contributed by atoms with Gasteiger partial charge in [0.15, 0.2) is 5.78 Å². The smallest absolute Gasteiger partial charge is 0.313 e. The molecule has 0 saturated carbocycles. The molecule has 1 atom stereocenters. The highest BCUT2D eigenvalue weighted by atomic mass is 16.5. The molecule has 0 aliphatic rings. The van der Waals surface area contributed by atoms with Gasteiger partial charge in [0.05, 0.1) is 13.2 Å². The number of carbonyl (C=O) groups is 3. The Morgan fingerprint density at radius 2 is 1.68 bits per heavy atom. The third kappa shape index (κ3) is 4.91. The fourth-order valence-electron chi connectivity index (χ4n) is 2.24. The molecule has 0 heterocycles. The van der Waals surface area contributed by atoms with E-state index in [1.165, 1.54) is 13.0 Å². The van der Waals surface area contributed by atoms with Gasteiger partial charge in [-0.25, -0.2) is 0 Å². The molecule has 0 aliphatic carbocycles. The highest BCUT2D eigenvalue weighted by molar-refractivity contribution is 6.39. The average molecular weight is 340 g/mol. The molecular weight excluding hydrogens is 320 g/mol. The largest absolute Gasteiger partial charge is 0.497 e. The maximum absolute atomic E-state index is 12.1. The second kappa shape index (κ2) is 8.10. The third-order valence-electron chi connectivity index (χ3n) is 3.70. The van der Waals surface area contributed by atoms with E-state index in [1.807, 2.05) is 12.1 Å². The first kappa shape index (κ1) is 18.2. The third-order valence-corrected chi connectivity index (χ3v) is 3.70. The van der Waals surface area contributed by atoms with Crippen molar-refractivity contribution in [1.29, 1.82) is 0 Å². The molecule has 6 heteroatoms. The summed E-state index contributed by atoms with van der Waals surface area (Å²) in [6.45, 7) is 3.22. The van der Waals surface area contributed by atoms with Gasteiger partial charge >= 0.3 is 11.8 Å². The van der Waals surface area contributed by atoms with Gasteiger partial charge in [-0.05, 0) is 43.7 Å². The first-order chi connectivity index (χ1) is 11.9. The number of carbonyl (C=O) groups excluding carboxylic acids is 3. The van der Waals surface area contributed by atoms with Crippen molar-refractivity contribution in [2.45, 2.75) is 19.9 Å². The van der Waals surface area contributed by atoms with Crippen LogP contribution >= 0.6 is 0 Å². The van der Waals surface area contributed by atoms with E-state index in [2.05, 4.69) is 10.6 Å². The van der Waals surface area contributed by atoms with Crippen LogP contribution in [0, 0.1) is 0 Å². The summed E-state index contributed by atoms with van der Waals surface area (Å²) in [5, 5.41) is 5.12. The van der Waals surface area contributed by atoms with Gasteiger partial charge in [0.25, 0.3) is 0 Å². The summed E-state index contributed by atoms with van der Waals surface area (Å²) in [6, 6.07) is 13.3. The van der Waals surface area contributed by atoms with E-state index in [1.54, 1.807) is 44.4 Å². The lowest BCUT2D eigenvalue weighted by Gasteiger charge is -2.14. The molecule has 0 saturated heterocycles. The average Bonchev–Trinajstić information content (AvgIpc) is 2.61. The van der Waals surface area contributed by atoms with Crippen molar-refractivity contribution in [2.75, 3.05) is 12.4 Å². The number of anilines is 1. The molecule has 0 spiro atoms. The summed E-state index contributed by atoms with van der Waals surface area (Å²) < 4.78 is 5.09. The molecule has 2 aromatic rings. The summed E-state index contributed by atoms with van der Waals surface area (Å²) in [6.07, 6.45) is 0. The second-order valence-corrected chi connectivity index (χ2v) is 5.56. The van der Waals surface area contributed by atoms with Gasteiger partial charge in [-0.1, -0.05) is 24.3 Å². The zero-order valence-corrected chi connectivity index (χ0v) is 14.3. The van der Waals surface area contributed by atoms with Crippen LogP contribution in [0.15, 0.2) is 48.5 Å². The van der Waals surface area contributed by atoms with Crippen LogP contribution in [0.5, 0.6) is 5.75 Å². The number of benzene rings is 2. The fourth-order valence-corrected chi connectivity index (χ4v) is 2.24. The Morgan fingerprint density at radius 3 is 2.28 bits per heavy atom. The van der Waals surface area contributed by atoms with E-state index in [4.69, 9.17) is 4.74 Å². The molecule has 2 aromatic carbocycles. The van der Waals surface area contributed by atoms with Crippen LogP contribution in [0.3, 0.4) is 0 Å². The number of Topliss-reactive ketones (excluding diaryl/α,β-unsaturated/α-hetero) is 1. The normalized spacial score (nSPS) is 11.3. The number of ether oxygens (including phenoxy) is 1. The van der Waals surface area contributed by atoms with E-state index in [0.29, 0.717) is 17.0 Å². The zero-order chi connectivity index (χ0) is 18.4. The quantitative estimate of drug-likeness (QED) is 0.647. The van der Waals surface area contributed by atoms with Crippen LogP contribution in [-0.2, 0) is 9.59 Å². The zero-order valence-electron chi connectivity index (χ0n) is 14.3. The van der Waals surface area contributed by atoms with E-state index in [0.717, 1.165) is 5.56 Å². The van der Waals surface area contributed by atoms with E-state index < -0.39 is 11.8 Å². The van der Waals surface area contributed by atoms with Gasteiger partial charge < -0.3 is 15.4 Å². The molecule has 2 rings (SSSR count). The Kier molecular flexibility index (Phi) is 5.89. The molecule has 0 aromatic heterocycles. The lowest BCUT2D eigenvalue weighted by molar-refractivity contribution is -0.136. The maximum Gasteiger partial charge on any atom is 0.313 e. The molecule has 130 valence electrons. The Bertz CT molecular complexity index is 784. The van der Waals surface area contributed by atoms with E-state index in [-0.39, 0.29) is 11.8 Å². The van der Waals surface area contributed by atoms with Gasteiger partial charge in [0.1, 0.15) is 5.75 Å². The van der Waals surface area contributed by atoms with Crippen LogP contribution < -0.4 is 15.4 Å². The molecule has 2 N–H and O–H groups in total. The summed E-state index contributed by atoms with van der Waals surface area (Å²) in [4.78, 5) is 35.5. The minimum Gasteiger partial charge on any atom is -0.497 e. The van der Waals surface area contributed by atoms with Crippen molar-refractivity contribution >= 4 is 23.3 Å². The Hall–Kier alpha value is -3.15. The molecule has 0 radical (unpaired) electrons. The van der Waals surface area contributed by atoms with Crippen LogP contribution in [0.25, 0.3) is 0 Å². The number of nitrogens with one attached hydrogen (secondary N) is 2. The molecule has 0 fully saturated rings. The number of ketones is 1. The summed E-state index contributed by atoms with van der Waals surface area (Å²) in [5.74, 6) is -0.948. The fraction of sp³-hybridized carbons (Fsp3) is 0.211. The van der Waals surface area contributed by atoms with Gasteiger partial charge in [0.2, 0.25) is 0 Å². The van der Waals surface area contributed by atoms with Gasteiger partial charge in [0, 0.05) is 11.3 Å². The van der Waals surface area contributed by atoms with E-state index >= 15 is 0 Å². The number of hydrogen-bond donors (Lipinski definition) is 2. The Labute approximate surface area is 146 Å². The van der Waals surface area contributed by atoms with Crippen LogP contribution in [-0.4, -0.2) is 24.7 Å². The Morgan fingerprint density at radius 1 is 1.00 bits per heavy atom. The predicted octanol–water partition coefficient (Wildman–Crippen LogP) is 2.71. The molecule has 0 aliphatic heterocycles. The van der Waals surface area contributed by atoms with Gasteiger partial charge in [-0.15, -0.1) is 0 Å². The van der Waals surface area contributed by atoms with Crippen molar-refractivity contribution in [3.63, 3.8) is 0 Å². The molecular formula is C19H20N2O4. The minimum atomic E-state index is -0.791.